The van der Waals surface area contributed by atoms with Crippen molar-refractivity contribution >= 4 is 22.5 Å². The van der Waals surface area contributed by atoms with Crippen LogP contribution in [-0.2, 0) is 18.8 Å². The minimum Gasteiger partial charge on any atom is -0.480 e. The van der Waals surface area contributed by atoms with E-state index in [4.69, 9.17) is 16.3 Å². The van der Waals surface area contributed by atoms with E-state index in [0.29, 0.717) is 22.0 Å². The van der Waals surface area contributed by atoms with Crippen LogP contribution in [0.5, 0.6) is 11.6 Å². The number of fused-ring (bicyclic) bond motifs is 1. The molecule has 0 aliphatic heterocycles. The lowest BCUT2D eigenvalue weighted by Crippen LogP contribution is -2.31. The van der Waals surface area contributed by atoms with E-state index >= 15 is 0 Å². The number of methoxy groups -OCH3 is 1. The topological polar surface area (TPSA) is 82.3 Å². The van der Waals surface area contributed by atoms with E-state index in [1.54, 1.807) is 20.0 Å². The number of halogens is 7. The average molecular weight is 623 g/mol. The average Bonchev–Trinajstić information content (AvgIpc) is 3.38. The van der Waals surface area contributed by atoms with Crippen molar-refractivity contribution in [3.05, 3.63) is 100 Å². The molecule has 2 aromatic carbocycles. The van der Waals surface area contributed by atoms with Crippen LogP contribution >= 0.6 is 11.6 Å². The largest absolute Gasteiger partial charge is 0.573 e. The van der Waals surface area contributed by atoms with Crippen LogP contribution in [0.3, 0.4) is 0 Å². The Kier molecular flexibility index (Phi) is 7.51. The van der Waals surface area contributed by atoms with Gasteiger partial charge < -0.3 is 19.1 Å². The van der Waals surface area contributed by atoms with Gasteiger partial charge in [0.2, 0.25) is 5.88 Å². The zero-order valence-corrected chi connectivity index (χ0v) is 23.3. The Morgan fingerprint density at radius 2 is 1.63 bits per heavy atom. The molecule has 0 bridgehead atoms. The summed E-state index contributed by atoms with van der Waals surface area (Å²) in [5, 5.41) is 12.7. The summed E-state index contributed by atoms with van der Waals surface area (Å²) in [7, 11) is 2.97. The van der Waals surface area contributed by atoms with Crippen molar-refractivity contribution in [2.75, 3.05) is 7.11 Å². The molecule has 1 atom stereocenters. The number of hydrogen-bond acceptors (Lipinski definition) is 6. The molecule has 0 spiro atoms. The van der Waals surface area contributed by atoms with Crippen molar-refractivity contribution in [1.29, 1.82) is 0 Å². The smallest absolute Gasteiger partial charge is 0.480 e. The maximum Gasteiger partial charge on any atom is 0.573 e. The fourth-order valence-corrected chi connectivity index (χ4v) is 5.19. The first-order valence-electron chi connectivity index (χ1n) is 12.4. The first-order chi connectivity index (χ1) is 20.1. The molecule has 1 N–H and O–H groups in total. The van der Waals surface area contributed by atoms with Crippen molar-refractivity contribution in [3.8, 4) is 22.8 Å². The number of hydrogen-bond donors (Lipinski definition) is 1. The van der Waals surface area contributed by atoms with E-state index in [-0.39, 0.29) is 33.3 Å². The van der Waals surface area contributed by atoms with E-state index in [2.05, 4.69) is 19.7 Å². The van der Waals surface area contributed by atoms with Crippen LogP contribution < -0.4 is 9.47 Å². The van der Waals surface area contributed by atoms with Crippen molar-refractivity contribution < 1.29 is 40.9 Å². The van der Waals surface area contributed by atoms with Gasteiger partial charge in [-0.1, -0.05) is 35.9 Å². The number of alkyl halides is 6. The van der Waals surface area contributed by atoms with E-state index in [1.165, 1.54) is 42.4 Å². The summed E-state index contributed by atoms with van der Waals surface area (Å²) in [6.45, 7) is 1.70. The number of ether oxygens (including phenoxy) is 2. The third kappa shape index (κ3) is 5.57. The number of aromatic nitrogens is 4. The highest BCUT2D eigenvalue weighted by atomic mass is 35.5. The molecule has 5 rings (SSSR count). The Hall–Kier alpha value is -4.36. The summed E-state index contributed by atoms with van der Waals surface area (Å²) >= 11 is 6.91. The monoisotopic (exact) mass is 622 g/mol. The zero-order chi connectivity index (χ0) is 31.3. The summed E-state index contributed by atoms with van der Waals surface area (Å²) in [5.41, 5.74) is -1.15. The summed E-state index contributed by atoms with van der Waals surface area (Å²) in [6, 6.07) is 9.99. The highest BCUT2D eigenvalue weighted by Crippen LogP contribution is 2.44. The maximum absolute atomic E-state index is 13.3. The lowest BCUT2D eigenvalue weighted by Gasteiger charge is -2.30. The molecule has 0 radical (unpaired) electrons. The molecular formula is C29H21ClF6N4O3. The Morgan fingerprint density at radius 3 is 2.16 bits per heavy atom. The van der Waals surface area contributed by atoms with Crippen molar-refractivity contribution in [1.82, 2.24) is 19.5 Å². The van der Waals surface area contributed by atoms with Gasteiger partial charge in [0, 0.05) is 24.2 Å². The predicted molar refractivity (Wildman–Crippen MR) is 145 cm³/mol. The summed E-state index contributed by atoms with van der Waals surface area (Å²) in [6.07, 6.45) is -5.81. The molecular weight excluding hydrogens is 602 g/mol. The minimum absolute atomic E-state index is 0.0286. The zero-order valence-electron chi connectivity index (χ0n) is 22.5. The number of aryl methyl sites for hydroxylation is 2. The fourth-order valence-electron chi connectivity index (χ4n) is 4.86. The van der Waals surface area contributed by atoms with Crippen LogP contribution in [0.1, 0.15) is 28.1 Å². The molecule has 0 aliphatic carbocycles. The van der Waals surface area contributed by atoms with Gasteiger partial charge in [-0.2, -0.15) is 13.2 Å². The van der Waals surface area contributed by atoms with Gasteiger partial charge in [-0.05, 0) is 47.9 Å². The molecule has 14 heteroatoms. The lowest BCUT2D eigenvalue weighted by molar-refractivity contribution is -0.274. The normalized spacial score (nSPS) is 13.7. The minimum atomic E-state index is -4.87. The number of rotatable bonds is 6. The second-order valence-electron chi connectivity index (χ2n) is 9.60. The van der Waals surface area contributed by atoms with Gasteiger partial charge in [0.1, 0.15) is 11.4 Å². The number of pyridine rings is 2. The summed E-state index contributed by atoms with van der Waals surface area (Å²) in [4.78, 5) is 12.2. The van der Waals surface area contributed by atoms with Crippen LogP contribution in [-0.4, -0.2) is 38.1 Å². The maximum atomic E-state index is 13.3. The van der Waals surface area contributed by atoms with Gasteiger partial charge in [-0.3, -0.25) is 4.98 Å². The van der Waals surface area contributed by atoms with Crippen molar-refractivity contribution in [2.45, 2.75) is 25.1 Å². The molecule has 0 fully saturated rings. The number of imidazole rings is 1. The molecule has 0 saturated heterocycles. The van der Waals surface area contributed by atoms with Crippen LogP contribution in [0.4, 0.5) is 26.3 Å². The third-order valence-electron chi connectivity index (χ3n) is 6.83. The quantitative estimate of drug-likeness (QED) is 0.202. The molecule has 0 aliphatic rings. The van der Waals surface area contributed by atoms with Gasteiger partial charge in [0.25, 0.3) is 0 Å². The molecule has 0 amide bonds. The Bertz CT molecular complexity index is 1810. The van der Waals surface area contributed by atoms with Gasteiger partial charge in [-0.25, -0.2) is 9.97 Å². The Balaban J connectivity index is 1.72. The second kappa shape index (κ2) is 10.7. The van der Waals surface area contributed by atoms with E-state index < -0.39 is 29.6 Å². The van der Waals surface area contributed by atoms with Crippen LogP contribution in [0, 0.1) is 6.92 Å². The SMILES string of the molecule is COc1nc2c(C)cc(C(O)(c3ccc(C(F)(F)F)nc3)c3cncn3C)cc2c(Cl)c1-c1ccc(OC(F)(F)F)cc1. The Labute approximate surface area is 245 Å². The highest BCUT2D eigenvalue weighted by molar-refractivity contribution is 6.38. The first-order valence-corrected chi connectivity index (χ1v) is 12.8. The van der Waals surface area contributed by atoms with E-state index in [1.807, 2.05) is 0 Å². The van der Waals surface area contributed by atoms with E-state index in [9.17, 15) is 31.4 Å². The summed E-state index contributed by atoms with van der Waals surface area (Å²) < 4.78 is 88.7. The molecule has 1 unspecified atom stereocenters. The number of nitrogens with zero attached hydrogens (tertiary/aromatic N) is 4. The fraction of sp³-hybridized carbons (Fsp3) is 0.207. The third-order valence-corrected chi connectivity index (χ3v) is 7.22. The second-order valence-corrected chi connectivity index (χ2v) is 9.98. The van der Waals surface area contributed by atoms with Gasteiger partial charge >= 0.3 is 12.5 Å². The number of aliphatic hydroxyl groups is 1. The van der Waals surface area contributed by atoms with Crippen molar-refractivity contribution in [3.63, 3.8) is 0 Å². The van der Waals surface area contributed by atoms with Crippen LogP contribution in [0.25, 0.3) is 22.0 Å². The first kappa shape index (κ1) is 30.1. The molecule has 0 saturated carbocycles. The lowest BCUT2D eigenvalue weighted by atomic mass is 9.82. The molecule has 7 nitrogen and oxygen atoms in total. The molecule has 224 valence electrons. The van der Waals surface area contributed by atoms with Crippen molar-refractivity contribution in [2.24, 2.45) is 7.05 Å². The van der Waals surface area contributed by atoms with Gasteiger partial charge in [0.05, 0.1) is 41.4 Å². The summed E-state index contributed by atoms with van der Waals surface area (Å²) in [5.74, 6) is -0.351. The standard InChI is InChI=1S/C29H21ClF6N4O3/c1-15-10-18(27(41,22-13-37-14-40(22)2)17-6-9-21(38-12-17)28(31,32)33)11-20-24(30)23(26(42-3)39-25(15)20)16-4-7-19(8-5-16)43-29(34,35)36/h4-14,41H,1-3H3. The molecule has 43 heavy (non-hydrogen) atoms. The van der Waals surface area contributed by atoms with Gasteiger partial charge in [-0.15, -0.1) is 13.2 Å². The van der Waals surface area contributed by atoms with Gasteiger partial charge in [0.15, 0.2) is 5.60 Å². The molecule has 3 aromatic heterocycles. The Morgan fingerprint density at radius 1 is 0.930 bits per heavy atom. The molecule has 5 aromatic rings. The number of benzene rings is 2. The van der Waals surface area contributed by atoms with E-state index in [0.717, 1.165) is 30.5 Å². The van der Waals surface area contributed by atoms with Crippen LogP contribution in [0.15, 0.2) is 67.3 Å². The van der Waals surface area contributed by atoms with Crippen LogP contribution in [0.2, 0.25) is 5.02 Å². The molecule has 3 heterocycles. The predicted octanol–water partition coefficient (Wildman–Crippen LogP) is 7.20. The highest BCUT2D eigenvalue weighted by Gasteiger charge is 2.39.